The number of ether oxygens (including phenoxy) is 1. The van der Waals surface area contributed by atoms with Crippen LogP contribution in [-0.2, 0) is 9.84 Å². The molecular formula is C11H13NO3S. The number of methoxy groups -OCH3 is 1. The van der Waals surface area contributed by atoms with E-state index in [0.29, 0.717) is 5.75 Å². The quantitative estimate of drug-likeness (QED) is 0.866. The van der Waals surface area contributed by atoms with Gasteiger partial charge in [0.15, 0.2) is 9.84 Å². The summed E-state index contributed by atoms with van der Waals surface area (Å²) in [7, 11) is -1.43. The number of rotatable bonds is 3. The van der Waals surface area contributed by atoms with Gasteiger partial charge in [-0.05, 0) is 12.1 Å². The molecule has 0 amide bonds. The Hall–Kier alpha value is -1.49. The highest BCUT2D eigenvalue weighted by atomic mass is 32.2. The van der Waals surface area contributed by atoms with Gasteiger partial charge in [0.25, 0.3) is 0 Å². The highest BCUT2D eigenvalue weighted by molar-refractivity contribution is 7.94. The monoisotopic (exact) mass is 239 g/mol. The SMILES string of the molecule is COc1ccccc1N[C@H]1C=CS(=O)(=O)C1. The maximum atomic E-state index is 11.2. The second-order valence-corrected chi connectivity index (χ2v) is 5.54. The predicted molar refractivity (Wildman–Crippen MR) is 63.3 cm³/mol. The van der Waals surface area contributed by atoms with Crippen molar-refractivity contribution in [3.63, 3.8) is 0 Å². The summed E-state index contributed by atoms with van der Waals surface area (Å²) in [6.45, 7) is 0. The van der Waals surface area contributed by atoms with Crippen LogP contribution in [0.1, 0.15) is 0 Å². The summed E-state index contributed by atoms with van der Waals surface area (Å²) in [4.78, 5) is 0. The van der Waals surface area contributed by atoms with Gasteiger partial charge in [0.1, 0.15) is 5.75 Å². The molecule has 0 radical (unpaired) electrons. The lowest BCUT2D eigenvalue weighted by molar-refractivity contribution is 0.416. The molecule has 0 aromatic heterocycles. The molecule has 16 heavy (non-hydrogen) atoms. The zero-order chi connectivity index (χ0) is 11.6. The second kappa shape index (κ2) is 4.17. The van der Waals surface area contributed by atoms with E-state index in [9.17, 15) is 8.42 Å². The van der Waals surface area contributed by atoms with E-state index >= 15 is 0 Å². The Bertz CT molecular complexity index is 508. The van der Waals surface area contributed by atoms with Crippen LogP contribution in [0.3, 0.4) is 0 Å². The van der Waals surface area contributed by atoms with E-state index in [1.807, 2.05) is 24.3 Å². The number of hydrogen-bond donors (Lipinski definition) is 1. The van der Waals surface area contributed by atoms with E-state index < -0.39 is 9.84 Å². The Balaban J connectivity index is 2.14. The van der Waals surface area contributed by atoms with Gasteiger partial charge in [0.2, 0.25) is 0 Å². The van der Waals surface area contributed by atoms with Gasteiger partial charge in [0, 0.05) is 5.41 Å². The summed E-state index contributed by atoms with van der Waals surface area (Å²) < 4.78 is 27.6. The molecule has 1 aromatic rings. The van der Waals surface area contributed by atoms with Crippen LogP contribution in [0.15, 0.2) is 35.7 Å². The fourth-order valence-electron chi connectivity index (χ4n) is 1.63. The fraction of sp³-hybridized carbons (Fsp3) is 0.273. The van der Waals surface area contributed by atoms with Gasteiger partial charge in [-0.1, -0.05) is 18.2 Å². The molecule has 2 rings (SSSR count). The van der Waals surface area contributed by atoms with Crippen LogP contribution >= 0.6 is 0 Å². The van der Waals surface area contributed by atoms with Gasteiger partial charge in [0.05, 0.1) is 24.6 Å². The van der Waals surface area contributed by atoms with Crippen molar-refractivity contribution in [2.75, 3.05) is 18.2 Å². The Kier molecular flexibility index (Phi) is 2.87. The van der Waals surface area contributed by atoms with E-state index in [1.54, 1.807) is 13.2 Å². The molecular weight excluding hydrogens is 226 g/mol. The first-order chi connectivity index (χ1) is 7.61. The van der Waals surface area contributed by atoms with Gasteiger partial charge in [-0.3, -0.25) is 0 Å². The molecule has 1 heterocycles. The van der Waals surface area contributed by atoms with Crippen LogP contribution in [0.4, 0.5) is 5.69 Å². The number of hydrogen-bond acceptors (Lipinski definition) is 4. The molecule has 1 aliphatic heterocycles. The van der Waals surface area contributed by atoms with Gasteiger partial charge in [-0.25, -0.2) is 8.42 Å². The van der Waals surface area contributed by atoms with Gasteiger partial charge in [-0.15, -0.1) is 0 Å². The van der Waals surface area contributed by atoms with Crippen LogP contribution in [-0.4, -0.2) is 27.3 Å². The molecule has 4 nitrogen and oxygen atoms in total. The van der Waals surface area contributed by atoms with E-state index in [2.05, 4.69) is 5.32 Å². The lowest BCUT2D eigenvalue weighted by Crippen LogP contribution is -2.21. The smallest absolute Gasteiger partial charge is 0.173 e. The summed E-state index contributed by atoms with van der Waals surface area (Å²) in [5, 5.41) is 4.38. The molecule has 0 bridgehead atoms. The number of sulfone groups is 1. The predicted octanol–water partition coefficient (Wildman–Crippen LogP) is 1.42. The zero-order valence-electron chi connectivity index (χ0n) is 8.88. The van der Waals surface area contributed by atoms with E-state index in [1.165, 1.54) is 5.41 Å². The molecule has 0 spiro atoms. The van der Waals surface area contributed by atoms with E-state index in [4.69, 9.17) is 4.74 Å². The first kappa shape index (κ1) is 11.0. The van der Waals surface area contributed by atoms with Gasteiger partial charge in [-0.2, -0.15) is 0 Å². The maximum absolute atomic E-state index is 11.2. The van der Waals surface area contributed by atoms with E-state index in [-0.39, 0.29) is 11.8 Å². The minimum atomic E-state index is -3.02. The van der Waals surface area contributed by atoms with Crippen molar-refractivity contribution in [1.82, 2.24) is 0 Å². The summed E-state index contributed by atoms with van der Waals surface area (Å²) in [6.07, 6.45) is 1.65. The summed E-state index contributed by atoms with van der Waals surface area (Å²) in [5.74, 6) is 0.811. The average Bonchev–Trinajstić information content (AvgIpc) is 2.59. The third kappa shape index (κ3) is 2.36. The molecule has 1 aliphatic rings. The molecule has 1 atom stereocenters. The first-order valence-corrected chi connectivity index (χ1v) is 6.63. The minimum absolute atomic E-state index is 0.102. The molecule has 0 saturated heterocycles. The summed E-state index contributed by atoms with van der Waals surface area (Å²) in [6, 6.07) is 7.25. The maximum Gasteiger partial charge on any atom is 0.173 e. The largest absolute Gasteiger partial charge is 0.495 e. The number of para-hydroxylation sites is 2. The number of anilines is 1. The van der Waals surface area contributed by atoms with Crippen molar-refractivity contribution in [2.24, 2.45) is 0 Å². The third-order valence-electron chi connectivity index (χ3n) is 2.38. The lowest BCUT2D eigenvalue weighted by Gasteiger charge is -2.14. The minimum Gasteiger partial charge on any atom is -0.495 e. The van der Waals surface area contributed by atoms with Crippen molar-refractivity contribution >= 4 is 15.5 Å². The molecule has 5 heteroatoms. The van der Waals surface area contributed by atoms with Gasteiger partial charge < -0.3 is 10.1 Å². The highest BCUT2D eigenvalue weighted by Gasteiger charge is 2.21. The van der Waals surface area contributed by atoms with Crippen LogP contribution < -0.4 is 10.1 Å². The van der Waals surface area contributed by atoms with Gasteiger partial charge >= 0.3 is 0 Å². The van der Waals surface area contributed by atoms with Crippen LogP contribution in [0.2, 0.25) is 0 Å². The average molecular weight is 239 g/mol. The summed E-state index contributed by atoms with van der Waals surface area (Å²) >= 11 is 0. The Morgan fingerprint density at radius 2 is 2.12 bits per heavy atom. The molecule has 86 valence electrons. The molecule has 0 unspecified atom stereocenters. The van der Waals surface area contributed by atoms with Crippen LogP contribution in [0.25, 0.3) is 0 Å². The highest BCUT2D eigenvalue weighted by Crippen LogP contribution is 2.25. The van der Waals surface area contributed by atoms with E-state index in [0.717, 1.165) is 5.69 Å². The molecule has 0 aliphatic carbocycles. The normalized spacial score (nSPS) is 21.9. The van der Waals surface area contributed by atoms with Crippen molar-refractivity contribution in [3.8, 4) is 5.75 Å². The Morgan fingerprint density at radius 3 is 2.75 bits per heavy atom. The molecule has 1 N–H and O–H groups in total. The lowest BCUT2D eigenvalue weighted by atomic mass is 10.2. The third-order valence-corrected chi connectivity index (χ3v) is 3.77. The summed E-state index contributed by atoms with van der Waals surface area (Å²) in [5.41, 5.74) is 0.803. The van der Waals surface area contributed by atoms with Crippen LogP contribution in [0, 0.1) is 0 Å². The Labute approximate surface area is 94.8 Å². The second-order valence-electron chi connectivity index (χ2n) is 3.61. The Morgan fingerprint density at radius 1 is 1.38 bits per heavy atom. The number of benzene rings is 1. The molecule has 0 fully saturated rings. The van der Waals surface area contributed by atoms with Crippen molar-refractivity contribution in [2.45, 2.75) is 6.04 Å². The zero-order valence-corrected chi connectivity index (χ0v) is 9.70. The number of nitrogens with one attached hydrogen (secondary N) is 1. The topological polar surface area (TPSA) is 55.4 Å². The van der Waals surface area contributed by atoms with Crippen LogP contribution in [0.5, 0.6) is 5.75 Å². The van der Waals surface area contributed by atoms with Crippen molar-refractivity contribution in [1.29, 1.82) is 0 Å². The standard InChI is InChI=1S/C11H13NO3S/c1-15-11-5-3-2-4-10(11)12-9-6-7-16(13,14)8-9/h2-7,9,12H,8H2,1H3/t9-/m0/s1. The fourth-order valence-corrected chi connectivity index (χ4v) is 2.86. The van der Waals surface area contributed by atoms with Crippen molar-refractivity contribution < 1.29 is 13.2 Å². The molecule has 0 saturated carbocycles. The molecule has 1 aromatic carbocycles. The first-order valence-electron chi connectivity index (χ1n) is 4.91. The van der Waals surface area contributed by atoms with Crippen molar-refractivity contribution in [3.05, 3.63) is 35.7 Å².